The number of carbonyl (C=O) groups is 2. The lowest BCUT2D eigenvalue weighted by Crippen LogP contribution is -2.50. The van der Waals surface area contributed by atoms with Crippen LogP contribution in [0.5, 0.6) is 0 Å². The summed E-state index contributed by atoms with van der Waals surface area (Å²) in [4.78, 5) is 31.0. The van der Waals surface area contributed by atoms with Crippen molar-refractivity contribution in [3.8, 4) is 0 Å². The summed E-state index contributed by atoms with van der Waals surface area (Å²) in [6.07, 6.45) is 1.88. The molecule has 3 rings (SSSR count). The smallest absolute Gasteiger partial charge is 0.329 e. The Hall–Kier alpha value is -2.21. The number of amides is 1. The van der Waals surface area contributed by atoms with Gasteiger partial charge in [-0.2, -0.15) is 0 Å². The van der Waals surface area contributed by atoms with Crippen LogP contribution in [0.25, 0.3) is 0 Å². The largest absolute Gasteiger partial charge is 0.480 e. The number of aliphatic carboxylic acids is 1. The fourth-order valence-corrected chi connectivity index (χ4v) is 4.18. The Labute approximate surface area is 145 Å². The van der Waals surface area contributed by atoms with Crippen LogP contribution in [-0.4, -0.2) is 39.0 Å². The molecule has 1 fully saturated rings. The molecule has 6 heteroatoms. The molecule has 1 aromatic carbocycles. The third kappa shape index (κ3) is 2.94. The standard InChI is InChI=1S/C18H20N2O3S/c1-12-15(16(21)20-10-6-9-18(20,2)17(22)23)24-14(19-12)11-13-7-4-3-5-8-13/h3-5,7-8H,6,9-11H2,1-2H3,(H,22,23). The number of carbonyl (C=O) groups excluding carboxylic acids is 1. The Morgan fingerprint density at radius 1 is 1.33 bits per heavy atom. The van der Waals surface area contributed by atoms with Crippen LogP contribution in [0, 0.1) is 6.92 Å². The van der Waals surface area contributed by atoms with E-state index in [9.17, 15) is 14.7 Å². The van der Waals surface area contributed by atoms with Gasteiger partial charge in [-0.15, -0.1) is 11.3 Å². The number of hydrogen-bond donors (Lipinski definition) is 1. The number of carboxylic acid groups (broad SMARTS) is 1. The van der Waals surface area contributed by atoms with Gasteiger partial charge < -0.3 is 10.0 Å². The van der Waals surface area contributed by atoms with Crippen molar-refractivity contribution in [2.45, 2.75) is 38.6 Å². The average molecular weight is 344 g/mol. The Kier molecular flexibility index (Phi) is 4.41. The van der Waals surface area contributed by atoms with Gasteiger partial charge in [0.25, 0.3) is 5.91 Å². The van der Waals surface area contributed by atoms with E-state index in [0.717, 1.165) is 10.6 Å². The number of aromatic nitrogens is 1. The molecule has 0 bridgehead atoms. The first-order chi connectivity index (χ1) is 11.4. The average Bonchev–Trinajstić information content (AvgIpc) is 3.12. The summed E-state index contributed by atoms with van der Waals surface area (Å²) < 4.78 is 0. The van der Waals surface area contributed by atoms with Crippen LogP contribution in [0.15, 0.2) is 30.3 Å². The summed E-state index contributed by atoms with van der Waals surface area (Å²) in [5.74, 6) is -1.16. The second kappa shape index (κ2) is 6.36. The van der Waals surface area contributed by atoms with E-state index in [1.165, 1.54) is 16.2 Å². The van der Waals surface area contributed by atoms with Crippen LogP contribution < -0.4 is 0 Å². The molecule has 1 aliphatic rings. The Balaban J connectivity index is 1.85. The van der Waals surface area contributed by atoms with E-state index < -0.39 is 11.5 Å². The molecule has 2 aromatic rings. The lowest BCUT2D eigenvalue weighted by Gasteiger charge is -2.30. The maximum Gasteiger partial charge on any atom is 0.329 e. The SMILES string of the molecule is Cc1nc(Cc2ccccc2)sc1C(=O)N1CCCC1(C)C(=O)O. The number of likely N-dealkylation sites (tertiary alicyclic amines) is 1. The first kappa shape index (κ1) is 16.6. The summed E-state index contributed by atoms with van der Waals surface area (Å²) in [5.41, 5.74) is 0.699. The van der Waals surface area contributed by atoms with Gasteiger partial charge in [0.1, 0.15) is 10.4 Å². The number of rotatable bonds is 4. The highest BCUT2D eigenvalue weighted by molar-refractivity contribution is 7.13. The van der Waals surface area contributed by atoms with Gasteiger partial charge in [-0.1, -0.05) is 30.3 Å². The molecule has 24 heavy (non-hydrogen) atoms. The summed E-state index contributed by atoms with van der Waals surface area (Å²) in [5, 5.41) is 10.4. The number of hydrogen-bond acceptors (Lipinski definition) is 4. The molecular formula is C18H20N2O3S. The van der Waals surface area contributed by atoms with Gasteiger partial charge in [-0.25, -0.2) is 9.78 Å². The van der Waals surface area contributed by atoms with E-state index >= 15 is 0 Å². The first-order valence-corrected chi connectivity index (χ1v) is 8.79. The molecule has 5 nitrogen and oxygen atoms in total. The molecule has 0 saturated carbocycles. The van der Waals surface area contributed by atoms with Crippen molar-refractivity contribution >= 4 is 23.2 Å². The molecule has 1 unspecified atom stereocenters. The maximum atomic E-state index is 12.9. The van der Waals surface area contributed by atoms with E-state index in [2.05, 4.69) is 4.98 Å². The maximum absolute atomic E-state index is 12.9. The number of benzene rings is 1. The van der Waals surface area contributed by atoms with Crippen molar-refractivity contribution in [2.75, 3.05) is 6.54 Å². The number of nitrogens with zero attached hydrogens (tertiary/aromatic N) is 2. The van der Waals surface area contributed by atoms with Crippen molar-refractivity contribution in [2.24, 2.45) is 0 Å². The summed E-state index contributed by atoms with van der Waals surface area (Å²) in [7, 11) is 0. The van der Waals surface area contributed by atoms with Gasteiger partial charge in [0.05, 0.1) is 10.7 Å². The molecular weight excluding hydrogens is 324 g/mol. The molecule has 1 amide bonds. The summed E-state index contributed by atoms with van der Waals surface area (Å²) in [6.45, 7) is 3.92. The van der Waals surface area contributed by atoms with Gasteiger partial charge >= 0.3 is 5.97 Å². The fraction of sp³-hybridized carbons (Fsp3) is 0.389. The van der Waals surface area contributed by atoms with Crippen LogP contribution in [0.1, 0.15) is 45.7 Å². The second-order valence-electron chi connectivity index (χ2n) is 6.32. The molecule has 1 saturated heterocycles. The zero-order valence-corrected chi connectivity index (χ0v) is 14.6. The van der Waals surface area contributed by atoms with E-state index in [-0.39, 0.29) is 5.91 Å². The van der Waals surface area contributed by atoms with E-state index in [4.69, 9.17) is 0 Å². The zero-order chi connectivity index (χ0) is 17.3. The minimum absolute atomic E-state index is 0.216. The molecule has 1 N–H and O–H groups in total. The first-order valence-electron chi connectivity index (χ1n) is 7.97. The number of carboxylic acids is 1. The quantitative estimate of drug-likeness (QED) is 0.925. The topological polar surface area (TPSA) is 70.5 Å². The zero-order valence-electron chi connectivity index (χ0n) is 13.8. The van der Waals surface area contributed by atoms with Crippen LogP contribution in [0.3, 0.4) is 0 Å². The normalized spacial score (nSPS) is 20.3. The summed E-state index contributed by atoms with van der Waals surface area (Å²) in [6, 6.07) is 9.97. The van der Waals surface area contributed by atoms with Gasteiger partial charge in [0.2, 0.25) is 0 Å². The molecule has 2 heterocycles. The molecule has 0 spiro atoms. The van der Waals surface area contributed by atoms with Gasteiger partial charge in [0, 0.05) is 13.0 Å². The molecule has 0 aliphatic carbocycles. The second-order valence-corrected chi connectivity index (χ2v) is 7.41. The van der Waals surface area contributed by atoms with Crippen molar-refractivity contribution < 1.29 is 14.7 Å². The fourth-order valence-electron chi connectivity index (χ4n) is 3.13. The molecule has 0 radical (unpaired) electrons. The van der Waals surface area contributed by atoms with E-state index in [0.29, 0.717) is 36.4 Å². The van der Waals surface area contributed by atoms with Crippen LogP contribution in [-0.2, 0) is 11.2 Å². The number of thiazole rings is 1. The van der Waals surface area contributed by atoms with Crippen LogP contribution in [0.2, 0.25) is 0 Å². The lowest BCUT2D eigenvalue weighted by atomic mass is 9.99. The molecule has 1 aliphatic heterocycles. The monoisotopic (exact) mass is 344 g/mol. The predicted molar refractivity (Wildman–Crippen MR) is 92.4 cm³/mol. The van der Waals surface area contributed by atoms with E-state index in [1.807, 2.05) is 37.3 Å². The Bertz CT molecular complexity index is 772. The summed E-state index contributed by atoms with van der Waals surface area (Å²) >= 11 is 1.37. The Morgan fingerprint density at radius 2 is 2.04 bits per heavy atom. The lowest BCUT2D eigenvalue weighted by molar-refractivity contribution is -0.147. The van der Waals surface area contributed by atoms with Crippen molar-refractivity contribution in [1.29, 1.82) is 0 Å². The van der Waals surface area contributed by atoms with E-state index in [1.54, 1.807) is 6.92 Å². The van der Waals surface area contributed by atoms with Crippen molar-refractivity contribution in [3.05, 3.63) is 51.5 Å². The number of aryl methyl sites for hydroxylation is 1. The highest BCUT2D eigenvalue weighted by Gasteiger charge is 2.46. The molecule has 1 aromatic heterocycles. The minimum Gasteiger partial charge on any atom is -0.480 e. The molecule has 126 valence electrons. The predicted octanol–water partition coefficient (Wildman–Crippen LogP) is 3.12. The minimum atomic E-state index is -1.12. The Morgan fingerprint density at radius 3 is 2.71 bits per heavy atom. The van der Waals surface area contributed by atoms with Gasteiger partial charge in [-0.3, -0.25) is 4.79 Å². The van der Waals surface area contributed by atoms with Crippen LogP contribution >= 0.6 is 11.3 Å². The highest BCUT2D eigenvalue weighted by Crippen LogP contribution is 2.33. The van der Waals surface area contributed by atoms with Gasteiger partial charge in [0.15, 0.2) is 0 Å². The van der Waals surface area contributed by atoms with Crippen molar-refractivity contribution in [3.63, 3.8) is 0 Å². The molecule has 1 atom stereocenters. The highest BCUT2D eigenvalue weighted by atomic mass is 32.1. The van der Waals surface area contributed by atoms with Gasteiger partial charge in [-0.05, 0) is 32.3 Å². The third-order valence-electron chi connectivity index (χ3n) is 4.58. The third-order valence-corrected chi connectivity index (χ3v) is 5.73. The van der Waals surface area contributed by atoms with Crippen molar-refractivity contribution in [1.82, 2.24) is 9.88 Å². The van der Waals surface area contributed by atoms with Crippen LogP contribution in [0.4, 0.5) is 0 Å².